The van der Waals surface area contributed by atoms with Gasteiger partial charge in [0.25, 0.3) is 0 Å². The highest BCUT2D eigenvalue weighted by Gasteiger charge is 2.05. The van der Waals surface area contributed by atoms with Gasteiger partial charge in [-0.25, -0.2) is 0 Å². The van der Waals surface area contributed by atoms with Crippen molar-refractivity contribution >= 4 is 10.9 Å². The number of hydrogen-bond acceptors (Lipinski definition) is 0. The predicted molar refractivity (Wildman–Crippen MR) is 70.4 cm³/mol. The van der Waals surface area contributed by atoms with Gasteiger partial charge in [-0.15, -0.1) is 0 Å². The molecule has 1 heteroatoms. The maximum absolute atomic E-state index is 2.27. The molecule has 0 saturated heterocycles. The monoisotopic (exact) mass is 214 g/mol. The molecular weight excluding hydrogens is 194 g/mol. The molecule has 0 bridgehead atoms. The highest BCUT2D eigenvalue weighted by molar-refractivity contribution is 5.83. The second-order valence-electron chi connectivity index (χ2n) is 4.84. The van der Waals surface area contributed by atoms with Crippen molar-refractivity contribution in [3.8, 4) is 0 Å². The minimum absolute atomic E-state index is 1.19. The first-order chi connectivity index (χ1) is 7.68. The van der Waals surface area contributed by atoms with Crippen LogP contribution in [0, 0.1) is 5.92 Å². The molecule has 0 amide bonds. The molecule has 0 aliphatic heterocycles. The smallest absolute Gasteiger partial charge is 0.0480 e. The number of nitrogens with zero attached hydrogens (tertiary/aromatic N) is 1. The second-order valence-corrected chi connectivity index (χ2v) is 4.84. The Morgan fingerprint density at radius 1 is 1.19 bits per heavy atom. The van der Waals surface area contributed by atoms with Gasteiger partial charge in [-0.3, -0.25) is 0 Å². The lowest BCUT2D eigenvalue weighted by Gasteiger charge is -2.02. The number of para-hydroxylation sites is 1. The van der Waals surface area contributed by atoms with Gasteiger partial charge >= 0.3 is 0 Å². The summed E-state index contributed by atoms with van der Waals surface area (Å²) in [6.07, 6.45) is 5.96. The number of fused-ring (bicyclic) bond motifs is 1. The summed E-state index contributed by atoms with van der Waals surface area (Å²) >= 11 is 0. The maximum Gasteiger partial charge on any atom is 0.0480 e. The van der Waals surface area contributed by atoms with E-state index in [0.717, 1.165) is 0 Å². The molecule has 1 aromatic heterocycles. The van der Waals surface area contributed by atoms with Crippen LogP contribution in [0.4, 0.5) is 0 Å². The van der Waals surface area contributed by atoms with Gasteiger partial charge in [0.15, 0.2) is 0 Å². The normalized spacial score (nSPS) is 11.5. The van der Waals surface area contributed by atoms with Crippen molar-refractivity contribution in [3.05, 3.63) is 41.9 Å². The summed E-state index contributed by atoms with van der Waals surface area (Å²) in [6.45, 7) is 4.42. The zero-order valence-electron chi connectivity index (χ0n) is 10.5. The zero-order chi connectivity index (χ0) is 11.5. The Hall–Kier alpha value is -1.24. The SMILES string of the molecule is C[C](C)CCCc1cn(C)c2ccccc12. The molecule has 0 spiro atoms. The van der Waals surface area contributed by atoms with Crippen molar-refractivity contribution in [2.24, 2.45) is 7.05 Å². The third-order valence-electron chi connectivity index (χ3n) is 3.10. The van der Waals surface area contributed by atoms with Gasteiger partial charge in [-0.05, 0) is 36.8 Å². The second kappa shape index (κ2) is 4.73. The summed E-state index contributed by atoms with van der Waals surface area (Å²) in [6, 6.07) is 8.66. The Kier molecular flexibility index (Phi) is 3.33. The Labute approximate surface area is 98.1 Å². The number of hydrogen-bond donors (Lipinski definition) is 0. The number of benzene rings is 1. The first-order valence-corrected chi connectivity index (χ1v) is 6.00. The molecule has 85 valence electrons. The van der Waals surface area contributed by atoms with Gasteiger partial charge < -0.3 is 4.57 Å². The molecule has 1 heterocycles. The number of rotatable bonds is 4. The molecule has 2 aromatic rings. The van der Waals surface area contributed by atoms with E-state index in [4.69, 9.17) is 0 Å². The van der Waals surface area contributed by atoms with Crippen LogP contribution in [0.2, 0.25) is 0 Å². The molecule has 0 aliphatic carbocycles. The van der Waals surface area contributed by atoms with Gasteiger partial charge in [0.05, 0.1) is 0 Å². The lowest BCUT2D eigenvalue weighted by molar-refractivity contribution is 0.747. The molecule has 0 atom stereocenters. The van der Waals surface area contributed by atoms with E-state index >= 15 is 0 Å². The van der Waals surface area contributed by atoms with Crippen LogP contribution < -0.4 is 0 Å². The lowest BCUT2D eigenvalue weighted by Crippen LogP contribution is -1.88. The van der Waals surface area contributed by atoms with E-state index in [-0.39, 0.29) is 0 Å². The average molecular weight is 214 g/mol. The topological polar surface area (TPSA) is 4.93 Å². The van der Waals surface area contributed by atoms with Crippen molar-refractivity contribution in [3.63, 3.8) is 0 Å². The maximum atomic E-state index is 2.27. The Morgan fingerprint density at radius 2 is 1.94 bits per heavy atom. The van der Waals surface area contributed by atoms with E-state index in [1.807, 2.05) is 0 Å². The van der Waals surface area contributed by atoms with Crippen LogP contribution in [-0.2, 0) is 13.5 Å². The van der Waals surface area contributed by atoms with E-state index in [1.165, 1.54) is 41.6 Å². The summed E-state index contributed by atoms with van der Waals surface area (Å²) < 4.78 is 2.23. The molecule has 1 nitrogen and oxygen atoms in total. The Bertz CT molecular complexity index is 465. The quantitative estimate of drug-likeness (QED) is 0.721. The van der Waals surface area contributed by atoms with E-state index in [9.17, 15) is 0 Å². The molecule has 0 aliphatic rings. The van der Waals surface area contributed by atoms with Gasteiger partial charge in [0.2, 0.25) is 0 Å². The summed E-state index contributed by atoms with van der Waals surface area (Å²) in [4.78, 5) is 0. The van der Waals surface area contributed by atoms with Crippen LogP contribution in [0.15, 0.2) is 30.5 Å². The minimum atomic E-state index is 1.19. The van der Waals surface area contributed by atoms with Crippen LogP contribution in [0.25, 0.3) is 10.9 Å². The van der Waals surface area contributed by atoms with Gasteiger partial charge in [-0.2, -0.15) is 0 Å². The Morgan fingerprint density at radius 3 is 2.69 bits per heavy atom. The van der Waals surface area contributed by atoms with Gasteiger partial charge in [0, 0.05) is 24.1 Å². The van der Waals surface area contributed by atoms with Crippen molar-refractivity contribution in [1.29, 1.82) is 0 Å². The fraction of sp³-hybridized carbons (Fsp3) is 0.400. The molecular formula is C15H20N. The third-order valence-corrected chi connectivity index (χ3v) is 3.10. The minimum Gasteiger partial charge on any atom is -0.350 e. The van der Waals surface area contributed by atoms with E-state index < -0.39 is 0 Å². The van der Waals surface area contributed by atoms with E-state index in [1.54, 1.807) is 0 Å². The zero-order valence-corrected chi connectivity index (χ0v) is 10.5. The molecule has 0 saturated carbocycles. The standard InChI is InChI=1S/C15H20N/c1-12(2)7-6-8-13-11-16(3)15-10-5-4-9-14(13)15/h4-5,9-11H,6-8H2,1-3H3. The van der Waals surface area contributed by atoms with Crippen LogP contribution in [-0.4, -0.2) is 4.57 Å². The van der Waals surface area contributed by atoms with Crippen molar-refractivity contribution in [2.45, 2.75) is 33.1 Å². The van der Waals surface area contributed by atoms with E-state index in [2.05, 4.69) is 55.9 Å². The Balaban J connectivity index is 2.18. The predicted octanol–water partition coefficient (Wildman–Crippen LogP) is 4.12. The molecule has 2 rings (SSSR count). The van der Waals surface area contributed by atoms with E-state index in [0.29, 0.717) is 0 Å². The average Bonchev–Trinajstić information content (AvgIpc) is 2.57. The number of aryl methyl sites for hydroxylation is 2. The lowest BCUT2D eigenvalue weighted by atomic mass is 10.0. The first kappa shape index (κ1) is 11.3. The van der Waals surface area contributed by atoms with Crippen LogP contribution >= 0.6 is 0 Å². The molecule has 16 heavy (non-hydrogen) atoms. The first-order valence-electron chi connectivity index (χ1n) is 6.00. The fourth-order valence-electron chi connectivity index (χ4n) is 2.26. The fourth-order valence-corrected chi connectivity index (χ4v) is 2.26. The number of aromatic nitrogens is 1. The molecule has 1 aromatic carbocycles. The summed E-state index contributed by atoms with van der Waals surface area (Å²) in [5.74, 6) is 1.53. The molecule has 1 radical (unpaired) electrons. The van der Waals surface area contributed by atoms with Crippen molar-refractivity contribution < 1.29 is 0 Å². The molecule has 0 unspecified atom stereocenters. The van der Waals surface area contributed by atoms with Gasteiger partial charge in [0.1, 0.15) is 0 Å². The third kappa shape index (κ3) is 2.29. The van der Waals surface area contributed by atoms with Crippen molar-refractivity contribution in [1.82, 2.24) is 4.57 Å². The highest BCUT2D eigenvalue weighted by Crippen LogP contribution is 2.22. The van der Waals surface area contributed by atoms with Crippen molar-refractivity contribution in [2.75, 3.05) is 0 Å². The summed E-state index contributed by atoms with van der Waals surface area (Å²) in [7, 11) is 2.13. The largest absolute Gasteiger partial charge is 0.350 e. The molecule has 0 fully saturated rings. The highest BCUT2D eigenvalue weighted by atomic mass is 14.9. The van der Waals surface area contributed by atoms with Crippen LogP contribution in [0.5, 0.6) is 0 Å². The summed E-state index contributed by atoms with van der Waals surface area (Å²) in [5, 5.41) is 1.42. The van der Waals surface area contributed by atoms with Gasteiger partial charge in [-0.1, -0.05) is 32.0 Å². The summed E-state index contributed by atoms with van der Waals surface area (Å²) in [5.41, 5.74) is 2.83. The van der Waals surface area contributed by atoms with Crippen LogP contribution in [0.1, 0.15) is 32.3 Å². The van der Waals surface area contributed by atoms with Crippen LogP contribution in [0.3, 0.4) is 0 Å². The molecule has 0 N–H and O–H groups in total.